The van der Waals surface area contributed by atoms with Gasteiger partial charge in [-0.2, -0.15) is 0 Å². The van der Waals surface area contributed by atoms with E-state index in [0.717, 1.165) is 16.6 Å². The molecule has 29 heavy (non-hydrogen) atoms. The van der Waals surface area contributed by atoms with Crippen molar-refractivity contribution in [2.45, 2.75) is 20.0 Å². The molecule has 1 heterocycles. The number of amides is 1. The van der Waals surface area contributed by atoms with Gasteiger partial charge in [-0.1, -0.05) is 60.2 Å². The van der Waals surface area contributed by atoms with Crippen LogP contribution in [0.15, 0.2) is 78.9 Å². The van der Waals surface area contributed by atoms with Gasteiger partial charge in [0, 0.05) is 11.1 Å². The Morgan fingerprint density at radius 3 is 2.41 bits per heavy atom. The van der Waals surface area contributed by atoms with Crippen molar-refractivity contribution in [3.63, 3.8) is 0 Å². The van der Waals surface area contributed by atoms with Crippen molar-refractivity contribution < 1.29 is 9.59 Å². The number of fused-ring (bicyclic) bond motifs is 1. The molecule has 0 bridgehead atoms. The molecular weight excluding hydrogens is 362 g/mol. The summed E-state index contributed by atoms with van der Waals surface area (Å²) in [5.41, 5.74) is 3.95. The van der Waals surface area contributed by atoms with Gasteiger partial charge in [0.15, 0.2) is 5.78 Å². The van der Waals surface area contributed by atoms with E-state index in [2.05, 4.69) is 10.3 Å². The van der Waals surface area contributed by atoms with Crippen LogP contribution in [0.25, 0.3) is 11.0 Å². The Bertz CT molecular complexity index is 1180. The minimum Gasteiger partial charge on any atom is -0.345 e. The molecule has 0 unspecified atom stereocenters. The van der Waals surface area contributed by atoms with Crippen molar-refractivity contribution in [1.29, 1.82) is 0 Å². The second kappa shape index (κ2) is 8.10. The third-order valence-corrected chi connectivity index (χ3v) is 4.82. The summed E-state index contributed by atoms with van der Waals surface area (Å²) in [5.74, 6) is 0.484. The van der Waals surface area contributed by atoms with Gasteiger partial charge in [-0.3, -0.25) is 9.59 Å². The lowest BCUT2D eigenvalue weighted by atomic mass is 10.1. The highest BCUT2D eigenvalue weighted by molar-refractivity contribution is 5.97. The predicted octanol–water partition coefficient (Wildman–Crippen LogP) is 4.16. The molecule has 0 aliphatic heterocycles. The van der Waals surface area contributed by atoms with Crippen LogP contribution in [0.1, 0.15) is 32.1 Å². The first kappa shape index (κ1) is 18.6. The van der Waals surface area contributed by atoms with Crippen LogP contribution in [0.2, 0.25) is 0 Å². The van der Waals surface area contributed by atoms with Crippen LogP contribution in [-0.4, -0.2) is 21.2 Å². The Balaban J connectivity index is 1.59. The largest absolute Gasteiger partial charge is 0.345 e. The predicted molar refractivity (Wildman–Crippen MR) is 113 cm³/mol. The molecular formula is C24H21N3O2. The maximum Gasteiger partial charge on any atom is 0.251 e. The summed E-state index contributed by atoms with van der Waals surface area (Å²) in [4.78, 5) is 29.9. The van der Waals surface area contributed by atoms with E-state index >= 15 is 0 Å². The highest BCUT2D eigenvalue weighted by atomic mass is 16.1. The van der Waals surface area contributed by atoms with Crippen molar-refractivity contribution in [2.75, 3.05) is 0 Å². The van der Waals surface area contributed by atoms with Crippen LogP contribution in [0.4, 0.5) is 0 Å². The third-order valence-electron chi connectivity index (χ3n) is 4.82. The van der Waals surface area contributed by atoms with Crippen molar-refractivity contribution in [1.82, 2.24) is 14.9 Å². The van der Waals surface area contributed by atoms with Gasteiger partial charge in [-0.25, -0.2) is 4.98 Å². The fourth-order valence-electron chi connectivity index (χ4n) is 3.34. The van der Waals surface area contributed by atoms with Gasteiger partial charge in [-0.15, -0.1) is 0 Å². The molecule has 0 aliphatic carbocycles. The van der Waals surface area contributed by atoms with Gasteiger partial charge in [0.25, 0.3) is 5.91 Å². The summed E-state index contributed by atoms with van der Waals surface area (Å²) in [7, 11) is 0. The lowest BCUT2D eigenvalue weighted by Gasteiger charge is -2.10. The Labute approximate surface area is 169 Å². The van der Waals surface area contributed by atoms with E-state index in [1.807, 2.05) is 72.2 Å². The number of hydrogen-bond acceptors (Lipinski definition) is 3. The molecule has 0 spiro atoms. The van der Waals surface area contributed by atoms with Gasteiger partial charge in [0.2, 0.25) is 0 Å². The van der Waals surface area contributed by atoms with Crippen LogP contribution >= 0.6 is 0 Å². The molecule has 3 aromatic carbocycles. The number of aromatic nitrogens is 2. The average molecular weight is 383 g/mol. The molecule has 4 rings (SSSR count). The Morgan fingerprint density at radius 2 is 1.62 bits per heavy atom. The van der Waals surface area contributed by atoms with Crippen molar-refractivity contribution >= 4 is 22.7 Å². The van der Waals surface area contributed by atoms with Gasteiger partial charge in [0.05, 0.1) is 24.1 Å². The quantitative estimate of drug-likeness (QED) is 0.509. The highest BCUT2D eigenvalue weighted by Gasteiger charge is 2.16. The minimum absolute atomic E-state index is 0.0000127. The number of carbonyl (C=O) groups excluding carboxylic acids is 2. The number of hydrogen-bond donors (Lipinski definition) is 1. The maximum atomic E-state index is 12.8. The second-order valence-electron chi connectivity index (χ2n) is 6.94. The number of benzene rings is 3. The Hall–Kier alpha value is -3.73. The van der Waals surface area contributed by atoms with Crippen LogP contribution in [0.3, 0.4) is 0 Å². The number of nitrogens with one attached hydrogen (secondary N) is 1. The number of nitrogens with zero attached hydrogens (tertiary/aromatic N) is 2. The molecule has 0 atom stereocenters. The minimum atomic E-state index is -0.165. The number of para-hydroxylation sites is 2. The van der Waals surface area contributed by atoms with E-state index in [-0.39, 0.29) is 24.8 Å². The summed E-state index contributed by atoms with van der Waals surface area (Å²) >= 11 is 0. The van der Waals surface area contributed by atoms with Crippen molar-refractivity contribution in [3.05, 3.63) is 101 Å². The van der Waals surface area contributed by atoms with Gasteiger partial charge < -0.3 is 9.88 Å². The summed E-state index contributed by atoms with van der Waals surface area (Å²) in [6.07, 6.45) is 0. The van der Waals surface area contributed by atoms with E-state index in [4.69, 9.17) is 0 Å². The number of Topliss-reactive ketones (excluding diaryl/α,β-unsaturated/α-hetero) is 1. The van der Waals surface area contributed by atoms with E-state index < -0.39 is 0 Å². The zero-order valence-corrected chi connectivity index (χ0v) is 16.1. The van der Waals surface area contributed by atoms with Crippen LogP contribution < -0.4 is 5.32 Å². The standard InChI is InChI=1S/C24H21N3O2/c1-17-8-7-11-19(14-17)24(29)25-15-23-26-20-12-5-6-13-21(20)27(23)16-22(28)18-9-3-2-4-10-18/h2-14H,15-16H2,1H3,(H,25,29). The number of ketones is 1. The number of aryl methyl sites for hydroxylation is 1. The first-order valence-corrected chi connectivity index (χ1v) is 9.49. The fourth-order valence-corrected chi connectivity index (χ4v) is 3.34. The van der Waals surface area contributed by atoms with Crippen molar-refractivity contribution in [3.8, 4) is 0 Å². The van der Waals surface area contributed by atoms with Gasteiger partial charge >= 0.3 is 0 Å². The van der Waals surface area contributed by atoms with E-state index in [9.17, 15) is 9.59 Å². The number of rotatable bonds is 6. The molecule has 0 saturated carbocycles. The summed E-state index contributed by atoms with van der Waals surface area (Å²) in [6.45, 7) is 2.36. The highest BCUT2D eigenvalue weighted by Crippen LogP contribution is 2.17. The molecule has 0 aliphatic rings. The molecule has 5 heteroatoms. The molecule has 4 aromatic rings. The lowest BCUT2D eigenvalue weighted by Crippen LogP contribution is -2.25. The SMILES string of the molecule is Cc1cccc(C(=O)NCc2nc3ccccc3n2CC(=O)c2ccccc2)c1. The molecule has 0 saturated heterocycles. The van der Waals surface area contributed by atoms with E-state index in [1.54, 1.807) is 18.2 Å². The molecule has 1 N–H and O–H groups in total. The monoisotopic (exact) mass is 383 g/mol. The number of imidazole rings is 1. The van der Waals surface area contributed by atoms with Gasteiger partial charge in [-0.05, 0) is 31.2 Å². The molecule has 1 amide bonds. The van der Waals surface area contributed by atoms with Crippen LogP contribution in [0, 0.1) is 6.92 Å². The summed E-state index contributed by atoms with van der Waals surface area (Å²) < 4.78 is 1.88. The first-order chi connectivity index (χ1) is 14.1. The van der Waals surface area contributed by atoms with E-state index in [0.29, 0.717) is 17.0 Å². The van der Waals surface area contributed by atoms with Gasteiger partial charge in [0.1, 0.15) is 5.82 Å². The first-order valence-electron chi connectivity index (χ1n) is 9.49. The summed E-state index contributed by atoms with van der Waals surface area (Å²) in [5, 5.41) is 2.92. The molecule has 0 fully saturated rings. The fraction of sp³-hybridized carbons (Fsp3) is 0.125. The van der Waals surface area contributed by atoms with Crippen molar-refractivity contribution in [2.24, 2.45) is 0 Å². The van der Waals surface area contributed by atoms with E-state index in [1.165, 1.54) is 0 Å². The zero-order chi connectivity index (χ0) is 20.2. The molecule has 5 nitrogen and oxygen atoms in total. The van der Waals surface area contributed by atoms with Crippen LogP contribution in [0.5, 0.6) is 0 Å². The molecule has 144 valence electrons. The number of carbonyl (C=O) groups is 2. The summed E-state index contributed by atoms with van der Waals surface area (Å²) in [6, 6.07) is 24.3. The lowest BCUT2D eigenvalue weighted by molar-refractivity contribution is 0.0949. The van der Waals surface area contributed by atoms with Crippen LogP contribution in [-0.2, 0) is 13.1 Å². The Morgan fingerprint density at radius 1 is 0.897 bits per heavy atom. The smallest absolute Gasteiger partial charge is 0.251 e. The molecule has 0 radical (unpaired) electrons. The zero-order valence-electron chi connectivity index (χ0n) is 16.1. The average Bonchev–Trinajstić information content (AvgIpc) is 3.10. The molecule has 1 aromatic heterocycles. The topological polar surface area (TPSA) is 64.0 Å². The second-order valence-corrected chi connectivity index (χ2v) is 6.94. The Kier molecular flexibility index (Phi) is 5.20. The normalized spacial score (nSPS) is 10.8. The maximum absolute atomic E-state index is 12.8. The third kappa shape index (κ3) is 4.09.